The predicted octanol–water partition coefficient (Wildman–Crippen LogP) is 6.38. The second kappa shape index (κ2) is 6.12. The predicted molar refractivity (Wildman–Crippen MR) is 98.7 cm³/mol. The maximum Gasteiger partial charge on any atom is -0.0114 e. The van der Waals surface area contributed by atoms with E-state index in [2.05, 4.69) is 79.7 Å². The minimum Gasteiger partial charge on any atom is -0.0679 e. The van der Waals surface area contributed by atoms with E-state index in [9.17, 15) is 0 Å². The van der Waals surface area contributed by atoms with Gasteiger partial charge in [0.2, 0.25) is 0 Å². The lowest BCUT2D eigenvalue weighted by molar-refractivity contribution is 1.23. The second-order valence-corrected chi connectivity index (χ2v) is 6.92. The summed E-state index contributed by atoms with van der Waals surface area (Å²) >= 11 is 0. The third-order valence-electron chi connectivity index (χ3n) is 4.35. The molecular weight excluding hydrogens is 264 g/mol. The monoisotopic (exact) mass is 292 g/mol. The first-order valence-electron chi connectivity index (χ1n) is 8.06. The van der Waals surface area contributed by atoms with E-state index in [1.54, 1.807) is 0 Å². The van der Waals surface area contributed by atoms with Crippen LogP contribution < -0.4 is 0 Å². The van der Waals surface area contributed by atoms with Crippen LogP contribution >= 0.6 is 0 Å². The smallest absolute Gasteiger partial charge is 0.0114 e. The molecule has 22 heavy (non-hydrogen) atoms. The van der Waals surface area contributed by atoms with Gasteiger partial charge in [-0.3, -0.25) is 0 Å². The molecule has 0 aliphatic carbocycles. The first kappa shape index (κ1) is 16.5. The fraction of sp³-hybridized carbons (Fsp3) is 0.364. The molecule has 0 saturated carbocycles. The van der Waals surface area contributed by atoms with Crippen LogP contribution in [0.2, 0.25) is 0 Å². The second-order valence-electron chi connectivity index (χ2n) is 6.92. The molecule has 0 aliphatic rings. The number of allylic oxidation sites excluding steroid dienone is 1. The Kier molecular flexibility index (Phi) is 4.60. The van der Waals surface area contributed by atoms with Gasteiger partial charge >= 0.3 is 0 Å². The molecule has 2 rings (SSSR count). The molecule has 0 fully saturated rings. The van der Waals surface area contributed by atoms with Gasteiger partial charge in [-0.05, 0) is 94.3 Å². The minimum absolute atomic E-state index is 1.34. The van der Waals surface area contributed by atoms with Crippen molar-refractivity contribution < 1.29 is 0 Å². The third kappa shape index (κ3) is 3.02. The van der Waals surface area contributed by atoms with Crippen molar-refractivity contribution in [1.82, 2.24) is 0 Å². The number of hydrogen-bond donors (Lipinski definition) is 0. The Hall–Kier alpha value is -1.82. The Morgan fingerprint density at radius 3 is 1.05 bits per heavy atom. The molecule has 0 atom stereocenters. The summed E-state index contributed by atoms with van der Waals surface area (Å²) in [6, 6.07) is 9.18. The number of rotatable bonds is 2. The van der Waals surface area contributed by atoms with Gasteiger partial charge in [0.25, 0.3) is 0 Å². The van der Waals surface area contributed by atoms with Gasteiger partial charge in [0, 0.05) is 0 Å². The Bertz CT molecular complexity index is 648. The Morgan fingerprint density at radius 1 is 0.545 bits per heavy atom. The summed E-state index contributed by atoms with van der Waals surface area (Å²) < 4.78 is 0. The van der Waals surface area contributed by atoms with Gasteiger partial charge in [-0.15, -0.1) is 0 Å². The maximum atomic E-state index is 2.30. The van der Waals surface area contributed by atoms with Crippen LogP contribution in [0.25, 0.3) is 5.57 Å². The van der Waals surface area contributed by atoms with Crippen molar-refractivity contribution in [3.63, 3.8) is 0 Å². The van der Waals surface area contributed by atoms with Crippen molar-refractivity contribution in [2.45, 2.75) is 55.4 Å². The molecule has 0 aromatic heterocycles. The topological polar surface area (TPSA) is 0 Å². The van der Waals surface area contributed by atoms with Crippen LogP contribution in [0, 0.1) is 41.5 Å². The van der Waals surface area contributed by atoms with Crippen LogP contribution in [0.1, 0.15) is 58.4 Å². The zero-order valence-electron chi connectivity index (χ0n) is 15.3. The van der Waals surface area contributed by atoms with Crippen LogP contribution in [-0.2, 0) is 0 Å². The van der Waals surface area contributed by atoms with E-state index in [-0.39, 0.29) is 0 Å². The fourth-order valence-electron chi connectivity index (χ4n) is 3.77. The lowest BCUT2D eigenvalue weighted by Gasteiger charge is -2.21. The lowest BCUT2D eigenvalue weighted by Crippen LogP contribution is -2.02. The summed E-state index contributed by atoms with van der Waals surface area (Å²) in [5.41, 5.74) is 13.7. The molecule has 0 nitrogen and oxygen atoms in total. The molecule has 0 amide bonds. The van der Waals surface area contributed by atoms with Crippen molar-refractivity contribution in [1.29, 1.82) is 0 Å². The first-order chi connectivity index (χ1) is 10.2. The summed E-state index contributed by atoms with van der Waals surface area (Å²) in [5.74, 6) is 0. The van der Waals surface area contributed by atoms with Crippen LogP contribution in [-0.4, -0.2) is 0 Å². The zero-order chi connectivity index (χ0) is 16.6. The average Bonchev–Trinajstić information content (AvgIpc) is 2.34. The van der Waals surface area contributed by atoms with E-state index in [0.29, 0.717) is 0 Å². The summed E-state index contributed by atoms with van der Waals surface area (Å²) in [6.45, 7) is 17.7. The molecule has 2 aromatic carbocycles. The summed E-state index contributed by atoms with van der Waals surface area (Å²) in [5, 5.41) is 0. The van der Waals surface area contributed by atoms with Gasteiger partial charge in [-0.1, -0.05) is 41.0 Å². The van der Waals surface area contributed by atoms with Crippen molar-refractivity contribution in [3.8, 4) is 0 Å². The Morgan fingerprint density at radius 2 is 0.818 bits per heavy atom. The van der Waals surface area contributed by atoms with E-state index in [4.69, 9.17) is 0 Å². The van der Waals surface area contributed by atoms with E-state index in [1.165, 1.54) is 55.7 Å². The van der Waals surface area contributed by atoms with Crippen LogP contribution in [0.4, 0.5) is 0 Å². The molecule has 116 valence electrons. The first-order valence-corrected chi connectivity index (χ1v) is 8.06. The molecular formula is C22H28. The molecule has 0 N–H and O–H groups in total. The maximum absolute atomic E-state index is 2.30. The van der Waals surface area contributed by atoms with Crippen molar-refractivity contribution in [2.24, 2.45) is 0 Å². The van der Waals surface area contributed by atoms with Gasteiger partial charge in [-0.2, -0.15) is 0 Å². The fourth-order valence-corrected chi connectivity index (χ4v) is 3.77. The largest absolute Gasteiger partial charge is 0.0679 e. The summed E-state index contributed by atoms with van der Waals surface area (Å²) in [4.78, 5) is 0. The van der Waals surface area contributed by atoms with E-state index in [0.717, 1.165) is 0 Å². The zero-order valence-corrected chi connectivity index (χ0v) is 15.3. The Labute approximate surface area is 135 Å². The molecule has 0 radical (unpaired) electrons. The Balaban J connectivity index is 2.84. The van der Waals surface area contributed by atoms with E-state index < -0.39 is 0 Å². The molecule has 0 spiro atoms. The molecule has 0 saturated heterocycles. The summed E-state index contributed by atoms with van der Waals surface area (Å²) in [7, 11) is 0. The number of benzene rings is 2. The highest BCUT2D eigenvalue weighted by Gasteiger charge is 2.17. The lowest BCUT2D eigenvalue weighted by atomic mass is 9.83. The van der Waals surface area contributed by atoms with Crippen molar-refractivity contribution >= 4 is 5.57 Å². The minimum atomic E-state index is 1.34. The molecule has 0 aliphatic heterocycles. The van der Waals surface area contributed by atoms with E-state index in [1.807, 2.05) is 0 Å². The normalized spacial score (nSPS) is 10.7. The SMILES string of the molecule is CC(C)=C(c1c(C)cc(C)cc1C)c1c(C)cc(C)cc1C. The van der Waals surface area contributed by atoms with Crippen LogP contribution in [0.15, 0.2) is 29.8 Å². The van der Waals surface area contributed by atoms with Gasteiger partial charge in [0.15, 0.2) is 0 Å². The quantitative estimate of drug-likeness (QED) is 0.602. The van der Waals surface area contributed by atoms with E-state index >= 15 is 0 Å². The van der Waals surface area contributed by atoms with Crippen molar-refractivity contribution in [3.05, 3.63) is 74.3 Å². The third-order valence-corrected chi connectivity index (χ3v) is 4.35. The standard InChI is InChI=1S/C22H28/c1-13(2)20(21-16(5)9-14(3)10-17(21)6)22-18(7)11-15(4)12-19(22)8/h9-12H,1-8H3. The molecule has 0 unspecified atom stereocenters. The van der Waals surface area contributed by atoms with Gasteiger partial charge in [0.05, 0.1) is 0 Å². The van der Waals surface area contributed by atoms with Gasteiger partial charge < -0.3 is 0 Å². The number of hydrogen-bond acceptors (Lipinski definition) is 0. The highest BCUT2D eigenvalue weighted by atomic mass is 14.2. The van der Waals surface area contributed by atoms with Crippen molar-refractivity contribution in [2.75, 3.05) is 0 Å². The summed E-state index contributed by atoms with van der Waals surface area (Å²) in [6.07, 6.45) is 0. The molecule has 0 bridgehead atoms. The highest BCUT2D eigenvalue weighted by molar-refractivity contribution is 5.87. The van der Waals surface area contributed by atoms with Crippen LogP contribution in [0.5, 0.6) is 0 Å². The average molecular weight is 292 g/mol. The highest BCUT2D eigenvalue weighted by Crippen LogP contribution is 2.36. The van der Waals surface area contributed by atoms with Crippen LogP contribution in [0.3, 0.4) is 0 Å². The molecule has 2 aromatic rings. The van der Waals surface area contributed by atoms with Gasteiger partial charge in [-0.25, -0.2) is 0 Å². The molecule has 0 heterocycles. The molecule has 0 heteroatoms. The van der Waals surface area contributed by atoms with Gasteiger partial charge in [0.1, 0.15) is 0 Å². The number of aryl methyl sites for hydroxylation is 6.